The minimum absolute atomic E-state index is 0.0126. The molecular formula is C34H33F3N4O8. The molecule has 15 heteroatoms. The number of hydrogen-bond acceptors (Lipinski definition) is 8. The van der Waals surface area contributed by atoms with Gasteiger partial charge >= 0.3 is 12.1 Å². The monoisotopic (exact) mass is 682 g/mol. The number of nitrogens with zero attached hydrogens (tertiary/aromatic N) is 1. The van der Waals surface area contributed by atoms with Crippen molar-refractivity contribution >= 4 is 29.5 Å². The summed E-state index contributed by atoms with van der Waals surface area (Å²) in [5.74, 6) is -6.82. The third kappa shape index (κ3) is 10.8. The summed E-state index contributed by atoms with van der Waals surface area (Å²) in [5.41, 5.74) is 0.810. The van der Waals surface area contributed by atoms with Crippen molar-refractivity contribution in [3.05, 3.63) is 95.1 Å². The van der Waals surface area contributed by atoms with Crippen LogP contribution in [-0.4, -0.2) is 66.6 Å². The van der Waals surface area contributed by atoms with E-state index in [4.69, 9.17) is 14.6 Å². The Hall–Kier alpha value is -5.91. The second-order valence-electron chi connectivity index (χ2n) is 11.1. The van der Waals surface area contributed by atoms with Crippen LogP contribution in [0.15, 0.2) is 72.8 Å². The van der Waals surface area contributed by atoms with Crippen molar-refractivity contribution in [2.75, 3.05) is 13.7 Å². The van der Waals surface area contributed by atoms with Crippen molar-refractivity contribution in [3.8, 4) is 17.6 Å². The van der Waals surface area contributed by atoms with E-state index in [0.717, 1.165) is 0 Å². The van der Waals surface area contributed by atoms with E-state index < -0.39 is 66.3 Å². The van der Waals surface area contributed by atoms with Gasteiger partial charge in [-0.15, -0.1) is 0 Å². The molecule has 4 N–H and O–H groups in total. The van der Waals surface area contributed by atoms with Gasteiger partial charge in [-0.3, -0.25) is 19.2 Å². The van der Waals surface area contributed by atoms with Crippen LogP contribution in [0.25, 0.3) is 0 Å². The lowest BCUT2D eigenvalue weighted by Gasteiger charge is -2.27. The summed E-state index contributed by atoms with van der Waals surface area (Å²) in [4.78, 5) is 63.9. The molecule has 12 nitrogen and oxygen atoms in total. The summed E-state index contributed by atoms with van der Waals surface area (Å²) in [6, 6.07) is 14.3. The van der Waals surface area contributed by atoms with Gasteiger partial charge in [-0.1, -0.05) is 44.2 Å². The molecule has 0 saturated carbocycles. The maximum atomic E-state index is 13.9. The number of carboxylic acid groups (broad SMARTS) is 1. The molecule has 0 aromatic heterocycles. The lowest BCUT2D eigenvalue weighted by atomic mass is 9.97. The first-order chi connectivity index (χ1) is 23.1. The van der Waals surface area contributed by atoms with Gasteiger partial charge in [-0.05, 0) is 59.5 Å². The number of aliphatic carboxylic acids is 1. The number of ketones is 1. The lowest BCUT2D eigenvalue weighted by Crippen LogP contribution is -2.55. The number of rotatable bonds is 15. The van der Waals surface area contributed by atoms with Gasteiger partial charge in [0.2, 0.25) is 11.8 Å². The van der Waals surface area contributed by atoms with Crippen LogP contribution in [0.2, 0.25) is 0 Å². The van der Waals surface area contributed by atoms with E-state index in [1.807, 2.05) is 6.07 Å². The van der Waals surface area contributed by atoms with Crippen molar-refractivity contribution in [1.29, 1.82) is 5.26 Å². The van der Waals surface area contributed by atoms with Crippen LogP contribution in [0.5, 0.6) is 11.5 Å². The van der Waals surface area contributed by atoms with Crippen molar-refractivity contribution in [1.82, 2.24) is 16.0 Å². The molecule has 3 amide bonds. The largest absolute Gasteiger partial charge is 0.497 e. The van der Waals surface area contributed by atoms with Crippen LogP contribution < -0.4 is 25.4 Å². The van der Waals surface area contributed by atoms with Crippen LogP contribution in [0.4, 0.5) is 13.2 Å². The molecule has 0 aliphatic heterocycles. The number of carbonyl (C=O) groups excluding carboxylic acids is 4. The molecule has 0 heterocycles. The molecule has 3 atom stereocenters. The second-order valence-corrected chi connectivity index (χ2v) is 11.1. The van der Waals surface area contributed by atoms with Crippen LogP contribution in [-0.2, 0) is 25.6 Å². The molecule has 0 bridgehead atoms. The first-order valence-corrected chi connectivity index (χ1v) is 14.7. The molecule has 0 aliphatic rings. The zero-order chi connectivity index (χ0) is 36.3. The van der Waals surface area contributed by atoms with E-state index >= 15 is 0 Å². The smallest absolute Gasteiger partial charge is 0.452 e. The van der Waals surface area contributed by atoms with Gasteiger partial charge in [0.05, 0.1) is 24.8 Å². The summed E-state index contributed by atoms with van der Waals surface area (Å²) in [7, 11) is 1.39. The van der Waals surface area contributed by atoms with E-state index in [2.05, 4.69) is 16.0 Å². The number of hydrogen-bond donors (Lipinski definition) is 4. The molecule has 0 radical (unpaired) electrons. The molecule has 0 spiro atoms. The zero-order valence-corrected chi connectivity index (χ0v) is 26.5. The van der Waals surface area contributed by atoms with Crippen molar-refractivity contribution in [2.45, 2.75) is 44.6 Å². The standard InChI is InChI=1S/C34H33F3N4O8/c1-19(2)28(30(44)34(35,36)37)40-33(47)29(22-10-12-24(48-3)13-11-22)41-32(46)26(15-20-6-4-7-21(14-20)17-38)39-31(45)23-8-5-9-25(16-23)49-18-27(42)43/h4-14,16,19,26,28-29H,15,18H2,1-3H3,(H,39,45)(H,40,47)(H,41,46)(H,42,43). The van der Waals surface area contributed by atoms with Gasteiger partial charge in [-0.2, -0.15) is 18.4 Å². The van der Waals surface area contributed by atoms with Gasteiger partial charge in [-0.25, -0.2) is 4.79 Å². The van der Waals surface area contributed by atoms with Gasteiger partial charge in [0.15, 0.2) is 6.61 Å². The van der Waals surface area contributed by atoms with Gasteiger partial charge < -0.3 is 30.5 Å². The number of amides is 3. The fourth-order valence-electron chi connectivity index (χ4n) is 4.61. The molecule has 258 valence electrons. The Morgan fingerprint density at radius 3 is 2.14 bits per heavy atom. The highest BCUT2D eigenvalue weighted by Gasteiger charge is 2.45. The molecule has 3 rings (SSSR count). The highest BCUT2D eigenvalue weighted by molar-refractivity contribution is 5.99. The fraction of sp³-hybridized carbons (Fsp3) is 0.294. The Labute approximate surface area is 279 Å². The number of nitrogens with one attached hydrogen (secondary N) is 3. The number of Topliss-reactive ketones (excluding diaryl/α,β-unsaturated/α-hetero) is 1. The van der Waals surface area contributed by atoms with E-state index in [1.165, 1.54) is 81.6 Å². The number of nitriles is 1. The van der Waals surface area contributed by atoms with Crippen molar-refractivity contribution in [2.24, 2.45) is 5.92 Å². The summed E-state index contributed by atoms with van der Waals surface area (Å²) in [5, 5.41) is 25.4. The lowest BCUT2D eigenvalue weighted by molar-refractivity contribution is -0.175. The highest BCUT2D eigenvalue weighted by Crippen LogP contribution is 2.24. The van der Waals surface area contributed by atoms with E-state index in [-0.39, 0.29) is 28.9 Å². The normalized spacial score (nSPS) is 12.9. The quantitative estimate of drug-likeness (QED) is 0.186. The molecule has 3 aromatic rings. The molecule has 3 aromatic carbocycles. The summed E-state index contributed by atoms with van der Waals surface area (Å²) < 4.78 is 50.4. The van der Waals surface area contributed by atoms with Crippen molar-refractivity contribution in [3.63, 3.8) is 0 Å². The minimum Gasteiger partial charge on any atom is -0.497 e. The Kier molecular flexibility index (Phi) is 12.9. The predicted octanol–water partition coefficient (Wildman–Crippen LogP) is 3.50. The molecule has 0 aliphatic carbocycles. The Morgan fingerprint density at radius 2 is 1.55 bits per heavy atom. The van der Waals surface area contributed by atoms with Crippen LogP contribution >= 0.6 is 0 Å². The third-order valence-electron chi connectivity index (χ3n) is 7.10. The first kappa shape index (κ1) is 37.5. The van der Waals surface area contributed by atoms with Crippen molar-refractivity contribution < 1.29 is 51.7 Å². The Balaban J connectivity index is 1.99. The zero-order valence-electron chi connectivity index (χ0n) is 26.5. The summed E-state index contributed by atoms with van der Waals surface area (Å²) in [6.07, 6.45) is -5.44. The van der Waals surface area contributed by atoms with E-state index in [1.54, 1.807) is 12.1 Å². The van der Waals surface area contributed by atoms with E-state index in [0.29, 0.717) is 11.3 Å². The summed E-state index contributed by atoms with van der Waals surface area (Å²) in [6.45, 7) is 1.96. The average Bonchev–Trinajstić information content (AvgIpc) is 3.07. The number of benzene rings is 3. The number of alkyl halides is 3. The van der Waals surface area contributed by atoms with Gasteiger partial charge in [0.25, 0.3) is 11.7 Å². The minimum atomic E-state index is -5.25. The molecular weight excluding hydrogens is 649 g/mol. The van der Waals surface area contributed by atoms with Gasteiger partial charge in [0.1, 0.15) is 23.6 Å². The number of carbonyl (C=O) groups is 5. The maximum Gasteiger partial charge on any atom is 0.452 e. The first-order valence-electron chi connectivity index (χ1n) is 14.7. The maximum absolute atomic E-state index is 13.9. The second kappa shape index (κ2) is 16.8. The SMILES string of the molecule is COc1ccc(C(NC(=O)C(Cc2cccc(C#N)c2)NC(=O)c2cccc(OCC(=O)O)c2)C(=O)NC(C(=O)C(F)(F)F)C(C)C)cc1. The molecule has 3 unspecified atom stereocenters. The third-order valence-corrected chi connectivity index (χ3v) is 7.10. The van der Waals surface area contributed by atoms with Crippen LogP contribution in [0, 0.1) is 17.2 Å². The number of methoxy groups -OCH3 is 1. The fourth-order valence-corrected chi connectivity index (χ4v) is 4.61. The molecule has 0 fully saturated rings. The number of ether oxygens (including phenoxy) is 2. The highest BCUT2D eigenvalue weighted by atomic mass is 19.4. The van der Waals surface area contributed by atoms with Crippen LogP contribution in [0.3, 0.4) is 0 Å². The molecule has 49 heavy (non-hydrogen) atoms. The Bertz CT molecular complexity index is 1720. The predicted molar refractivity (Wildman–Crippen MR) is 167 cm³/mol. The average molecular weight is 683 g/mol. The number of carboxylic acids is 1. The number of halogens is 3. The van der Waals surface area contributed by atoms with Gasteiger partial charge in [0, 0.05) is 12.0 Å². The van der Waals surface area contributed by atoms with Crippen LogP contribution in [0.1, 0.15) is 46.9 Å². The Morgan fingerprint density at radius 1 is 0.878 bits per heavy atom. The topological polar surface area (TPSA) is 184 Å². The summed E-state index contributed by atoms with van der Waals surface area (Å²) >= 11 is 0. The molecule has 0 saturated heterocycles. The van der Waals surface area contributed by atoms with E-state index in [9.17, 15) is 42.4 Å².